The molecule has 1 atom stereocenters. The van der Waals surface area contributed by atoms with Crippen molar-refractivity contribution in [1.82, 2.24) is 9.34 Å². The highest BCUT2D eigenvalue weighted by Gasteiger charge is 2.50. The number of nitro benzene ring substituents is 1. The molecule has 0 bridgehead atoms. The molecule has 126 valence electrons. The van der Waals surface area contributed by atoms with Crippen LogP contribution in [0.4, 0.5) is 5.69 Å². The van der Waals surface area contributed by atoms with E-state index < -0.39 is 44.7 Å². The van der Waals surface area contributed by atoms with Gasteiger partial charge in [0.05, 0.1) is 16.4 Å². The monoisotopic (exact) mass is 355 g/mol. The molecule has 2 heterocycles. The van der Waals surface area contributed by atoms with Crippen LogP contribution >= 0.6 is 7.67 Å². The Labute approximate surface area is 150 Å². The summed E-state index contributed by atoms with van der Waals surface area (Å²) in [5.41, 5.74) is 0.120. The van der Waals surface area contributed by atoms with Crippen molar-refractivity contribution in [2.24, 2.45) is 0 Å². The summed E-state index contributed by atoms with van der Waals surface area (Å²) < 4.78 is 82.4. The second-order valence-electron chi connectivity index (χ2n) is 5.29. The van der Waals surface area contributed by atoms with Crippen LogP contribution in [0.2, 0.25) is 0 Å². The number of rotatable bonds is 6. The van der Waals surface area contributed by atoms with Crippen LogP contribution in [0.25, 0.3) is 10.8 Å². The van der Waals surface area contributed by atoms with E-state index in [4.69, 9.17) is 15.5 Å². The second kappa shape index (κ2) is 5.63. The summed E-state index contributed by atoms with van der Waals surface area (Å²) in [5, 5.41) is 12.0. The standard InChI is InChI=1S/C16H18N3O4P/c1-12(23-24(22,17-8-9-17)18-10-11-18)13-6-7-16(19(20)21)15-5-3-2-4-14(13)15/h2-7,12H,8-11H2,1H3/i8D2,9D2,10D2,11D2. The van der Waals surface area contributed by atoms with Gasteiger partial charge in [0, 0.05) is 43.0 Å². The Kier molecular flexibility index (Phi) is 2.13. The van der Waals surface area contributed by atoms with Crippen molar-refractivity contribution in [3.63, 3.8) is 0 Å². The normalized spacial score (nSPS) is 32.7. The van der Waals surface area contributed by atoms with Crippen LogP contribution in [-0.2, 0) is 9.09 Å². The van der Waals surface area contributed by atoms with E-state index >= 15 is 0 Å². The molecule has 2 aliphatic rings. The third-order valence-electron chi connectivity index (χ3n) is 3.79. The molecule has 0 N–H and O–H groups in total. The van der Waals surface area contributed by atoms with E-state index in [2.05, 4.69) is 0 Å². The fraction of sp³-hybridized carbons (Fsp3) is 0.375. The van der Waals surface area contributed by atoms with Crippen molar-refractivity contribution in [2.75, 3.05) is 26.0 Å². The number of benzene rings is 2. The lowest BCUT2D eigenvalue weighted by molar-refractivity contribution is -0.383. The van der Waals surface area contributed by atoms with Crippen LogP contribution in [0.5, 0.6) is 0 Å². The Balaban J connectivity index is 1.80. The van der Waals surface area contributed by atoms with E-state index in [1.165, 1.54) is 25.1 Å². The first-order valence-electron chi connectivity index (χ1n) is 11.1. The molecular formula is C16H18N3O4P. The highest BCUT2D eigenvalue weighted by atomic mass is 31.2. The molecule has 0 aromatic heterocycles. The molecule has 4 rings (SSSR count). The summed E-state index contributed by atoms with van der Waals surface area (Å²) >= 11 is 0. The van der Waals surface area contributed by atoms with Gasteiger partial charge < -0.3 is 0 Å². The Bertz CT molecular complexity index is 1130. The molecular weight excluding hydrogens is 329 g/mol. The first-order valence-corrected chi connectivity index (χ1v) is 8.62. The van der Waals surface area contributed by atoms with Crippen molar-refractivity contribution in [2.45, 2.75) is 13.0 Å². The van der Waals surface area contributed by atoms with Crippen molar-refractivity contribution in [1.29, 1.82) is 0 Å². The predicted octanol–water partition coefficient (Wildman–Crippen LogP) is 3.56. The minimum absolute atomic E-state index is 0.183. The fourth-order valence-electron chi connectivity index (χ4n) is 2.56. The SMILES string of the molecule is [2H]C1([2H])N(P(=O)(OC(C)c2ccc([N+](=O)[O-])c3ccccc23)N2C([2H])([2H])C2([2H])[2H])C1([2H])[2H]. The largest absolute Gasteiger partial charge is 0.346 e. The van der Waals surface area contributed by atoms with Crippen LogP contribution < -0.4 is 0 Å². The zero-order valence-electron chi connectivity index (χ0n) is 20.5. The molecule has 0 radical (unpaired) electrons. The first-order chi connectivity index (χ1) is 14.5. The van der Waals surface area contributed by atoms with Crippen LogP contribution in [0.1, 0.15) is 29.6 Å². The van der Waals surface area contributed by atoms with E-state index in [1.807, 2.05) is 0 Å². The molecule has 7 nitrogen and oxygen atoms in total. The number of fused-ring (bicyclic) bond motifs is 1. The molecule has 2 aromatic rings. The number of nitrogens with zero attached hydrogens (tertiary/aromatic N) is 3. The predicted molar refractivity (Wildman–Crippen MR) is 90.9 cm³/mol. The lowest BCUT2D eigenvalue weighted by atomic mass is 10.00. The highest BCUT2D eigenvalue weighted by Crippen LogP contribution is 2.63. The third kappa shape index (κ3) is 2.63. The minimum Gasteiger partial charge on any atom is -0.298 e. The van der Waals surface area contributed by atoms with Crippen LogP contribution in [-0.4, -0.2) is 40.3 Å². The van der Waals surface area contributed by atoms with Crippen LogP contribution in [0, 0.1) is 10.1 Å². The van der Waals surface area contributed by atoms with E-state index in [0.29, 0.717) is 10.9 Å². The van der Waals surface area contributed by atoms with Gasteiger partial charge in [-0.1, -0.05) is 18.2 Å². The molecule has 1 unspecified atom stereocenters. The van der Waals surface area contributed by atoms with Gasteiger partial charge in [-0.15, -0.1) is 0 Å². The second-order valence-corrected chi connectivity index (χ2v) is 7.28. The third-order valence-corrected chi connectivity index (χ3v) is 5.80. The molecule has 0 spiro atoms. The average molecular weight is 355 g/mol. The topological polar surface area (TPSA) is 75.5 Å². The molecule has 0 aliphatic carbocycles. The summed E-state index contributed by atoms with van der Waals surface area (Å²) in [6, 6.07) is 8.85. The average Bonchev–Trinajstić information content (AvgIpc) is 3.29. The Hall–Kier alpha value is -1.79. The van der Waals surface area contributed by atoms with E-state index in [9.17, 15) is 14.7 Å². The van der Waals surface area contributed by atoms with Gasteiger partial charge in [0.1, 0.15) is 0 Å². The van der Waals surface area contributed by atoms with Crippen LogP contribution in [0.3, 0.4) is 0 Å². The number of non-ortho nitro benzene ring substituents is 1. The van der Waals surface area contributed by atoms with Gasteiger partial charge in [0.2, 0.25) is 0 Å². The molecule has 8 heteroatoms. The molecule has 0 saturated carbocycles. The van der Waals surface area contributed by atoms with Crippen molar-refractivity contribution >= 4 is 24.1 Å². The van der Waals surface area contributed by atoms with E-state index in [-0.39, 0.29) is 20.4 Å². The van der Waals surface area contributed by atoms with Crippen molar-refractivity contribution in [3.8, 4) is 0 Å². The Morgan fingerprint density at radius 2 is 1.75 bits per heavy atom. The van der Waals surface area contributed by atoms with E-state index in [0.717, 1.165) is 0 Å². The van der Waals surface area contributed by atoms with Gasteiger partial charge >= 0.3 is 7.67 Å². The Morgan fingerprint density at radius 1 is 1.17 bits per heavy atom. The molecule has 2 aromatic carbocycles. The lowest BCUT2D eigenvalue weighted by Gasteiger charge is -2.24. The smallest absolute Gasteiger partial charge is 0.298 e. The van der Waals surface area contributed by atoms with Crippen molar-refractivity contribution in [3.05, 3.63) is 52.1 Å². The van der Waals surface area contributed by atoms with Gasteiger partial charge in [0.25, 0.3) is 5.69 Å². The summed E-state index contributed by atoms with van der Waals surface area (Å²) in [4.78, 5) is 10.8. The number of nitro groups is 1. The van der Waals surface area contributed by atoms with Gasteiger partial charge in [-0.05, 0) is 30.0 Å². The maximum Gasteiger partial charge on any atom is 0.346 e. The highest BCUT2D eigenvalue weighted by molar-refractivity contribution is 7.54. The number of hydrogen-bond donors (Lipinski definition) is 0. The molecule has 24 heavy (non-hydrogen) atoms. The molecule has 2 saturated heterocycles. The minimum atomic E-state index is -4.92. The van der Waals surface area contributed by atoms with Gasteiger partial charge in [-0.25, -0.2) is 9.34 Å². The van der Waals surface area contributed by atoms with Crippen molar-refractivity contribution < 1.29 is 25.0 Å². The summed E-state index contributed by atoms with van der Waals surface area (Å²) in [6.07, 6.45) is -1.19. The zero-order valence-corrected chi connectivity index (χ0v) is 13.4. The summed E-state index contributed by atoms with van der Waals surface area (Å²) in [5.74, 6) is 0. The van der Waals surface area contributed by atoms with Crippen LogP contribution in [0.15, 0.2) is 36.4 Å². The first kappa shape index (κ1) is 9.06. The molecule has 2 aliphatic heterocycles. The van der Waals surface area contributed by atoms with Gasteiger partial charge in [-0.3, -0.25) is 19.2 Å². The lowest BCUT2D eigenvalue weighted by Crippen LogP contribution is -2.11. The fourth-order valence-corrected chi connectivity index (χ4v) is 4.05. The quantitative estimate of drug-likeness (QED) is 0.341. The number of hydrogen-bond acceptors (Lipinski definition) is 4. The summed E-state index contributed by atoms with van der Waals surface area (Å²) in [6.45, 7) is -9.74. The van der Waals surface area contributed by atoms with Gasteiger partial charge in [-0.2, -0.15) is 0 Å². The maximum atomic E-state index is 13.9. The maximum absolute atomic E-state index is 13.9. The summed E-state index contributed by atoms with van der Waals surface area (Å²) in [7, 11) is -4.92. The zero-order chi connectivity index (χ0) is 24.1. The van der Waals surface area contributed by atoms with Gasteiger partial charge in [0.15, 0.2) is 0 Å². The van der Waals surface area contributed by atoms with E-state index in [1.54, 1.807) is 18.2 Å². The molecule has 2 fully saturated rings. The Morgan fingerprint density at radius 3 is 2.29 bits per heavy atom. The molecule has 0 amide bonds.